The van der Waals surface area contributed by atoms with Crippen molar-refractivity contribution in [3.63, 3.8) is 0 Å². The van der Waals surface area contributed by atoms with Gasteiger partial charge in [-0.25, -0.2) is 0 Å². The number of quaternary nitrogens is 1. The van der Waals surface area contributed by atoms with E-state index in [2.05, 4.69) is 58.4 Å². The molecule has 0 saturated carbocycles. The van der Waals surface area contributed by atoms with Crippen molar-refractivity contribution in [1.29, 1.82) is 0 Å². The smallest absolute Gasteiger partial charge is 0.303 e. The van der Waals surface area contributed by atoms with E-state index in [1.165, 1.54) is 5.56 Å². The van der Waals surface area contributed by atoms with Gasteiger partial charge in [0, 0.05) is 12.0 Å². The molecule has 0 aliphatic rings. The molecule has 0 radical (unpaired) electrons. The van der Waals surface area contributed by atoms with Crippen molar-refractivity contribution in [2.75, 3.05) is 21.1 Å². The van der Waals surface area contributed by atoms with Gasteiger partial charge in [-0.05, 0) is 6.42 Å². The number of rotatable bonds is 6. The van der Waals surface area contributed by atoms with Gasteiger partial charge in [-0.1, -0.05) is 50.1 Å². The number of hydrogen-bond donors (Lipinski definition) is 1. The monoisotopic (exact) mass is 266 g/mol. The normalized spacial score (nSPS) is 10.5. The number of carbonyl (C=O) groups is 1. The van der Waals surface area contributed by atoms with Crippen LogP contribution in [0, 0.1) is 0 Å². The van der Waals surface area contributed by atoms with Gasteiger partial charge in [0.25, 0.3) is 0 Å². The van der Waals surface area contributed by atoms with Crippen molar-refractivity contribution < 1.29 is 14.4 Å². The molecule has 1 aromatic rings. The SMILES string of the molecule is CCCCCC(=O)O.C[N+](C)(C)Cc1ccccc1. The highest BCUT2D eigenvalue weighted by atomic mass is 16.4. The minimum Gasteiger partial charge on any atom is -0.481 e. The first-order valence-corrected chi connectivity index (χ1v) is 6.91. The van der Waals surface area contributed by atoms with Gasteiger partial charge in [-0.3, -0.25) is 4.79 Å². The lowest BCUT2D eigenvalue weighted by Crippen LogP contribution is -2.33. The zero-order valence-electron chi connectivity index (χ0n) is 12.7. The standard InChI is InChI=1S/C10H16N.C6H12O2/c1-11(2,3)9-10-7-5-4-6-8-10;1-2-3-4-5-6(7)8/h4-8H,9H2,1-3H3;2-5H2,1H3,(H,7,8)/q+1;. The molecule has 0 heterocycles. The van der Waals surface area contributed by atoms with Crippen molar-refractivity contribution in [2.45, 2.75) is 39.2 Å². The van der Waals surface area contributed by atoms with Gasteiger partial charge in [0.2, 0.25) is 0 Å². The second-order valence-corrected chi connectivity index (χ2v) is 5.78. The maximum atomic E-state index is 9.87. The molecule has 0 bridgehead atoms. The lowest BCUT2D eigenvalue weighted by Gasteiger charge is -2.23. The van der Waals surface area contributed by atoms with E-state index in [0.29, 0.717) is 6.42 Å². The molecule has 1 N–H and O–H groups in total. The molecular weight excluding hydrogens is 238 g/mol. The number of carboxylic acid groups (broad SMARTS) is 1. The Labute approximate surface area is 117 Å². The van der Waals surface area contributed by atoms with Crippen LogP contribution in [0.25, 0.3) is 0 Å². The zero-order valence-corrected chi connectivity index (χ0v) is 12.7. The Hall–Kier alpha value is -1.35. The number of aliphatic carboxylic acids is 1. The van der Waals surface area contributed by atoms with Crippen molar-refractivity contribution in [1.82, 2.24) is 0 Å². The van der Waals surface area contributed by atoms with Crippen LogP contribution >= 0.6 is 0 Å². The average molecular weight is 266 g/mol. The third-order valence-corrected chi connectivity index (χ3v) is 2.49. The average Bonchev–Trinajstić information content (AvgIpc) is 2.29. The van der Waals surface area contributed by atoms with Gasteiger partial charge in [-0.15, -0.1) is 0 Å². The maximum Gasteiger partial charge on any atom is 0.303 e. The van der Waals surface area contributed by atoms with E-state index in [4.69, 9.17) is 5.11 Å². The molecule has 108 valence electrons. The molecule has 0 amide bonds. The fourth-order valence-electron chi connectivity index (χ4n) is 1.66. The van der Waals surface area contributed by atoms with E-state index in [9.17, 15) is 4.79 Å². The Morgan fingerprint density at radius 2 is 1.68 bits per heavy atom. The number of carboxylic acids is 1. The summed E-state index contributed by atoms with van der Waals surface area (Å²) >= 11 is 0. The van der Waals surface area contributed by atoms with Crippen LogP contribution in [0.4, 0.5) is 0 Å². The zero-order chi connectivity index (χ0) is 14.7. The fraction of sp³-hybridized carbons (Fsp3) is 0.562. The predicted molar refractivity (Wildman–Crippen MR) is 80.0 cm³/mol. The summed E-state index contributed by atoms with van der Waals surface area (Å²) in [5.74, 6) is -0.682. The van der Waals surface area contributed by atoms with E-state index in [-0.39, 0.29) is 0 Å². The lowest BCUT2D eigenvalue weighted by atomic mass is 10.2. The summed E-state index contributed by atoms with van der Waals surface area (Å²) < 4.78 is 0.990. The van der Waals surface area contributed by atoms with Crippen molar-refractivity contribution in [3.8, 4) is 0 Å². The molecule has 0 aliphatic heterocycles. The summed E-state index contributed by atoms with van der Waals surface area (Å²) in [6.07, 6.45) is 3.28. The molecule has 0 aromatic heterocycles. The maximum absolute atomic E-state index is 9.87. The Balaban J connectivity index is 0.000000362. The third-order valence-electron chi connectivity index (χ3n) is 2.49. The number of benzene rings is 1. The number of nitrogens with zero attached hydrogens (tertiary/aromatic N) is 1. The van der Waals surface area contributed by atoms with Crippen LogP contribution in [-0.2, 0) is 11.3 Å². The molecule has 19 heavy (non-hydrogen) atoms. The van der Waals surface area contributed by atoms with Gasteiger partial charge in [0.1, 0.15) is 6.54 Å². The molecule has 0 saturated heterocycles. The van der Waals surface area contributed by atoms with Crippen LogP contribution in [-0.4, -0.2) is 36.7 Å². The number of hydrogen-bond acceptors (Lipinski definition) is 1. The highest BCUT2D eigenvalue weighted by molar-refractivity contribution is 5.66. The van der Waals surface area contributed by atoms with E-state index < -0.39 is 5.97 Å². The quantitative estimate of drug-likeness (QED) is 0.631. The Kier molecular flexibility index (Phi) is 8.88. The lowest BCUT2D eigenvalue weighted by molar-refractivity contribution is -0.884. The third kappa shape index (κ3) is 12.9. The minimum absolute atomic E-state index is 0.327. The predicted octanol–water partition coefficient (Wildman–Crippen LogP) is 3.54. The molecule has 1 aromatic carbocycles. The largest absolute Gasteiger partial charge is 0.481 e. The molecule has 0 fully saturated rings. The van der Waals surface area contributed by atoms with Crippen LogP contribution in [0.3, 0.4) is 0 Å². The van der Waals surface area contributed by atoms with Gasteiger partial charge < -0.3 is 9.59 Å². The Morgan fingerprint density at radius 3 is 2.11 bits per heavy atom. The summed E-state index contributed by atoms with van der Waals surface area (Å²) in [5.41, 5.74) is 1.40. The summed E-state index contributed by atoms with van der Waals surface area (Å²) in [6.45, 7) is 3.16. The van der Waals surface area contributed by atoms with Crippen molar-refractivity contribution >= 4 is 5.97 Å². The molecule has 3 nitrogen and oxygen atoms in total. The molecular formula is C16H28NO2+. The van der Waals surface area contributed by atoms with Gasteiger partial charge in [0.15, 0.2) is 0 Å². The van der Waals surface area contributed by atoms with E-state index in [1.807, 2.05) is 0 Å². The Morgan fingerprint density at radius 1 is 1.11 bits per heavy atom. The van der Waals surface area contributed by atoms with Gasteiger partial charge in [0.05, 0.1) is 21.1 Å². The van der Waals surface area contributed by atoms with E-state index in [0.717, 1.165) is 30.3 Å². The van der Waals surface area contributed by atoms with Crippen molar-refractivity contribution in [3.05, 3.63) is 35.9 Å². The second-order valence-electron chi connectivity index (χ2n) is 5.78. The van der Waals surface area contributed by atoms with Gasteiger partial charge >= 0.3 is 5.97 Å². The Bertz CT molecular complexity index is 342. The first-order valence-electron chi connectivity index (χ1n) is 6.91. The molecule has 1 rings (SSSR count). The summed E-state index contributed by atoms with van der Waals surface area (Å²) in [7, 11) is 6.60. The summed E-state index contributed by atoms with van der Waals surface area (Å²) in [6, 6.07) is 10.6. The summed E-state index contributed by atoms with van der Waals surface area (Å²) in [4.78, 5) is 9.87. The molecule has 0 spiro atoms. The molecule has 0 aliphatic carbocycles. The molecule has 0 atom stereocenters. The highest BCUT2D eigenvalue weighted by Crippen LogP contribution is 2.05. The minimum atomic E-state index is -0.682. The first kappa shape index (κ1) is 17.6. The fourth-order valence-corrected chi connectivity index (χ4v) is 1.66. The second kappa shape index (κ2) is 9.56. The van der Waals surface area contributed by atoms with Crippen LogP contribution in [0.5, 0.6) is 0 Å². The van der Waals surface area contributed by atoms with Crippen LogP contribution in [0.1, 0.15) is 38.2 Å². The topological polar surface area (TPSA) is 37.3 Å². The van der Waals surface area contributed by atoms with Gasteiger partial charge in [-0.2, -0.15) is 0 Å². The van der Waals surface area contributed by atoms with Crippen LogP contribution in [0.15, 0.2) is 30.3 Å². The highest BCUT2D eigenvalue weighted by Gasteiger charge is 2.06. The number of unbranched alkanes of at least 4 members (excludes halogenated alkanes) is 2. The summed E-state index contributed by atoms with van der Waals surface area (Å²) in [5, 5.41) is 8.14. The first-order chi connectivity index (χ1) is 8.85. The van der Waals surface area contributed by atoms with E-state index >= 15 is 0 Å². The van der Waals surface area contributed by atoms with Crippen LogP contribution < -0.4 is 0 Å². The van der Waals surface area contributed by atoms with E-state index in [1.54, 1.807) is 0 Å². The van der Waals surface area contributed by atoms with Crippen LogP contribution in [0.2, 0.25) is 0 Å². The molecule has 3 heteroatoms. The molecule has 0 unspecified atom stereocenters. The van der Waals surface area contributed by atoms with Crippen molar-refractivity contribution in [2.24, 2.45) is 0 Å².